The highest BCUT2D eigenvalue weighted by Crippen LogP contribution is 2.20. The fourth-order valence-corrected chi connectivity index (χ4v) is 2.00. The van der Waals surface area contributed by atoms with E-state index >= 15 is 0 Å². The minimum absolute atomic E-state index is 0.0679. The zero-order chi connectivity index (χ0) is 14.0. The number of imide groups is 1. The van der Waals surface area contributed by atoms with Crippen LogP contribution in [0.1, 0.15) is 26.0 Å². The summed E-state index contributed by atoms with van der Waals surface area (Å²) >= 11 is 0. The van der Waals surface area contributed by atoms with Crippen molar-refractivity contribution >= 4 is 17.6 Å². The summed E-state index contributed by atoms with van der Waals surface area (Å²) in [5.41, 5.74) is 0.103. The van der Waals surface area contributed by atoms with Crippen molar-refractivity contribution < 1.29 is 9.59 Å². The number of hydrogen-bond acceptors (Lipinski definition) is 6. The third-order valence-electron chi connectivity index (χ3n) is 2.81. The van der Waals surface area contributed by atoms with Crippen molar-refractivity contribution in [2.24, 2.45) is 0 Å². The van der Waals surface area contributed by atoms with E-state index in [1.165, 1.54) is 17.3 Å². The molecule has 1 saturated heterocycles. The Morgan fingerprint density at radius 2 is 2.11 bits per heavy atom. The Morgan fingerprint density at radius 3 is 2.68 bits per heavy atom. The van der Waals surface area contributed by atoms with Gasteiger partial charge >= 0.3 is 0 Å². The normalized spacial score (nSPS) is 18.8. The second-order valence-electron chi connectivity index (χ2n) is 4.46. The van der Waals surface area contributed by atoms with Gasteiger partial charge in [0.1, 0.15) is 12.1 Å². The van der Waals surface area contributed by atoms with Gasteiger partial charge in [-0.15, -0.1) is 0 Å². The Hall–Kier alpha value is -2.49. The Bertz CT molecular complexity index is 563. The van der Waals surface area contributed by atoms with Crippen LogP contribution in [0.4, 0.5) is 5.82 Å². The molecule has 1 aromatic rings. The minimum Gasteiger partial charge on any atom is -0.356 e. The van der Waals surface area contributed by atoms with Crippen LogP contribution in [0.5, 0.6) is 0 Å². The molecule has 1 fully saturated rings. The third kappa shape index (κ3) is 2.38. The lowest BCUT2D eigenvalue weighted by molar-refractivity contribution is -0.140. The molecule has 1 N–H and O–H groups in total. The van der Waals surface area contributed by atoms with Gasteiger partial charge in [0.25, 0.3) is 5.91 Å². The van der Waals surface area contributed by atoms with E-state index < -0.39 is 6.04 Å². The molecule has 2 heterocycles. The van der Waals surface area contributed by atoms with Crippen LogP contribution in [0.2, 0.25) is 0 Å². The highest BCUT2D eigenvalue weighted by Gasteiger charge is 2.40. The monoisotopic (exact) mass is 259 g/mol. The standard InChI is InChI=1S/C12H13N5O2/c1-7(2)17-10(18)5-8(12(17)19)16-11-9(6-13)14-3-4-15-11/h3-4,7-8H,5H2,1-2H3,(H,15,16). The zero-order valence-corrected chi connectivity index (χ0v) is 10.6. The van der Waals surface area contributed by atoms with Crippen LogP contribution < -0.4 is 5.32 Å². The van der Waals surface area contributed by atoms with E-state index in [4.69, 9.17) is 5.26 Å². The number of nitrogens with one attached hydrogen (secondary N) is 1. The van der Waals surface area contributed by atoms with Gasteiger partial charge in [-0.1, -0.05) is 0 Å². The first-order chi connectivity index (χ1) is 9.04. The summed E-state index contributed by atoms with van der Waals surface area (Å²) in [7, 11) is 0. The zero-order valence-electron chi connectivity index (χ0n) is 10.6. The van der Waals surface area contributed by atoms with Crippen molar-refractivity contribution in [3.63, 3.8) is 0 Å². The lowest BCUT2D eigenvalue weighted by Crippen LogP contribution is -2.39. The number of nitrogens with zero attached hydrogens (tertiary/aromatic N) is 4. The lowest BCUT2D eigenvalue weighted by atomic mass is 10.2. The summed E-state index contributed by atoms with van der Waals surface area (Å²) in [6, 6.07) is 1.03. The topological polar surface area (TPSA) is 99.0 Å². The molecule has 1 aliphatic heterocycles. The van der Waals surface area contributed by atoms with Crippen LogP contribution in [-0.4, -0.2) is 38.8 Å². The second kappa shape index (κ2) is 5.02. The minimum atomic E-state index is -0.682. The number of likely N-dealkylation sites (tertiary alicyclic amines) is 1. The van der Waals surface area contributed by atoms with Gasteiger partial charge in [0.15, 0.2) is 11.5 Å². The largest absolute Gasteiger partial charge is 0.356 e. The summed E-state index contributed by atoms with van der Waals surface area (Å²) in [6.45, 7) is 3.56. The molecule has 2 amide bonds. The van der Waals surface area contributed by atoms with Crippen molar-refractivity contribution in [3.8, 4) is 6.07 Å². The van der Waals surface area contributed by atoms with Crippen LogP contribution in [0.25, 0.3) is 0 Å². The van der Waals surface area contributed by atoms with Crippen molar-refractivity contribution in [1.82, 2.24) is 14.9 Å². The summed E-state index contributed by atoms with van der Waals surface area (Å²) in [4.78, 5) is 32.8. The van der Waals surface area contributed by atoms with Gasteiger partial charge in [0.2, 0.25) is 5.91 Å². The van der Waals surface area contributed by atoms with Crippen molar-refractivity contribution in [2.45, 2.75) is 32.4 Å². The first-order valence-corrected chi connectivity index (χ1v) is 5.88. The number of anilines is 1. The molecule has 0 bridgehead atoms. The van der Waals surface area contributed by atoms with Gasteiger partial charge in [-0.2, -0.15) is 5.26 Å². The van der Waals surface area contributed by atoms with Crippen LogP contribution >= 0.6 is 0 Å². The molecular weight excluding hydrogens is 246 g/mol. The maximum absolute atomic E-state index is 12.1. The van der Waals surface area contributed by atoms with E-state index in [1.54, 1.807) is 13.8 Å². The quantitative estimate of drug-likeness (QED) is 0.783. The van der Waals surface area contributed by atoms with Gasteiger partial charge in [0, 0.05) is 18.4 Å². The molecule has 0 aromatic carbocycles. The first-order valence-electron chi connectivity index (χ1n) is 5.88. The van der Waals surface area contributed by atoms with Gasteiger partial charge in [-0.3, -0.25) is 14.5 Å². The highest BCUT2D eigenvalue weighted by molar-refractivity contribution is 6.07. The maximum atomic E-state index is 12.1. The van der Waals surface area contributed by atoms with Gasteiger partial charge in [-0.05, 0) is 13.8 Å². The summed E-state index contributed by atoms with van der Waals surface area (Å²) in [6.07, 6.45) is 2.88. The average molecular weight is 259 g/mol. The molecule has 0 radical (unpaired) electrons. The molecule has 1 unspecified atom stereocenters. The Kier molecular flexibility index (Phi) is 3.42. The number of hydrogen-bond donors (Lipinski definition) is 1. The first kappa shape index (κ1) is 13.0. The third-order valence-corrected chi connectivity index (χ3v) is 2.81. The Balaban J connectivity index is 2.20. The molecule has 98 valence electrons. The molecule has 0 spiro atoms. The van der Waals surface area contributed by atoms with Crippen molar-refractivity contribution in [3.05, 3.63) is 18.1 Å². The molecule has 7 heteroatoms. The fraction of sp³-hybridized carbons (Fsp3) is 0.417. The summed E-state index contributed by atoms with van der Waals surface area (Å²) in [5.74, 6) is -0.295. The predicted molar refractivity (Wildman–Crippen MR) is 65.8 cm³/mol. The maximum Gasteiger partial charge on any atom is 0.252 e. The summed E-state index contributed by atoms with van der Waals surface area (Å²) < 4.78 is 0. The van der Waals surface area contributed by atoms with Gasteiger partial charge in [-0.25, -0.2) is 9.97 Å². The number of amides is 2. The average Bonchev–Trinajstić information content (AvgIpc) is 2.65. The van der Waals surface area contributed by atoms with Crippen LogP contribution in [-0.2, 0) is 9.59 Å². The fourth-order valence-electron chi connectivity index (χ4n) is 2.00. The van der Waals surface area contributed by atoms with Crippen LogP contribution in [0.3, 0.4) is 0 Å². The molecular formula is C12H13N5O2. The number of carbonyl (C=O) groups is 2. The molecule has 1 aromatic heterocycles. The van der Waals surface area contributed by atoms with Gasteiger partial charge < -0.3 is 5.32 Å². The molecule has 7 nitrogen and oxygen atoms in total. The van der Waals surface area contributed by atoms with Crippen LogP contribution in [0, 0.1) is 11.3 Å². The number of rotatable bonds is 3. The van der Waals surface area contributed by atoms with Crippen LogP contribution in [0.15, 0.2) is 12.4 Å². The Morgan fingerprint density at radius 1 is 1.42 bits per heavy atom. The Labute approximate surface area is 110 Å². The predicted octanol–water partition coefficient (Wildman–Crippen LogP) is 0.296. The molecule has 0 aliphatic carbocycles. The van der Waals surface area contributed by atoms with E-state index in [0.717, 1.165) is 0 Å². The molecule has 1 atom stereocenters. The summed E-state index contributed by atoms with van der Waals surface area (Å²) in [5, 5.41) is 11.7. The molecule has 0 saturated carbocycles. The number of nitriles is 1. The van der Waals surface area contributed by atoms with E-state index in [2.05, 4.69) is 15.3 Å². The molecule has 19 heavy (non-hydrogen) atoms. The SMILES string of the molecule is CC(C)N1C(=O)CC(Nc2nccnc2C#N)C1=O. The lowest BCUT2D eigenvalue weighted by Gasteiger charge is -2.19. The molecule has 1 aliphatic rings. The smallest absolute Gasteiger partial charge is 0.252 e. The second-order valence-corrected chi connectivity index (χ2v) is 4.46. The number of aromatic nitrogens is 2. The van der Waals surface area contributed by atoms with E-state index in [1.807, 2.05) is 6.07 Å². The van der Waals surface area contributed by atoms with E-state index in [0.29, 0.717) is 0 Å². The van der Waals surface area contributed by atoms with Crippen molar-refractivity contribution in [2.75, 3.05) is 5.32 Å². The molecule has 2 rings (SSSR count). The van der Waals surface area contributed by atoms with Gasteiger partial charge in [0.05, 0.1) is 6.42 Å². The number of carbonyl (C=O) groups excluding carboxylic acids is 2. The van der Waals surface area contributed by atoms with E-state index in [9.17, 15) is 9.59 Å². The highest BCUT2D eigenvalue weighted by atomic mass is 16.2. The van der Waals surface area contributed by atoms with Crippen molar-refractivity contribution in [1.29, 1.82) is 5.26 Å². The van der Waals surface area contributed by atoms with E-state index in [-0.39, 0.29) is 35.8 Å².